The number of nitrogens with zero attached hydrogens (tertiary/aromatic N) is 4. The minimum Gasteiger partial charge on any atom is -0.399 e. The van der Waals surface area contributed by atoms with Crippen molar-refractivity contribution < 1.29 is 9.59 Å². The lowest BCUT2D eigenvalue weighted by molar-refractivity contribution is -0.120. The molecule has 0 radical (unpaired) electrons. The van der Waals surface area contributed by atoms with Crippen LogP contribution in [0.5, 0.6) is 0 Å². The van der Waals surface area contributed by atoms with Crippen molar-refractivity contribution >= 4 is 40.5 Å². The number of pyridine rings is 1. The van der Waals surface area contributed by atoms with Gasteiger partial charge >= 0.3 is 0 Å². The third kappa shape index (κ3) is 3.35. The fourth-order valence-electron chi connectivity index (χ4n) is 5.78. The fourth-order valence-corrected chi connectivity index (χ4v) is 5.78. The molecule has 0 bridgehead atoms. The van der Waals surface area contributed by atoms with Gasteiger partial charge in [0.15, 0.2) is 0 Å². The fraction of sp³-hybridized carbons (Fsp3) is 0.179. The van der Waals surface area contributed by atoms with Crippen LogP contribution < -0.4 is 21.3 Å². The predicted molar refractivity (Wildman–Crippen MR) is 140 cm³/mol. The van der Waals surface area contributed by atoms with Crippen LogP contribution in [-0.2, 0) is 29.5 Å². The molecule has 1 unspecified atom stereocenters. The second-order valence-corrected chi connectivity index (χ2v) is 9.78. The van der Waals surface area contributed by atoms with E-state index in [1.807, 2.05) is 42.5 Å². The summed E-state index contributed by atoms with van der Waals surface area (Å²) in [5, 5.41) is 6.25. The van der Waals surface area contributed by atoms with Gasteiger partial charge in [-0.15, -0.1) is 0 Å². The lowest BCUT2D eigenvalue weighted by Crippen LogP contribution is -2.35. The van der Waals surface area contributed by atoms with Gasteiger partial charge in [0.2, 0.25) is 5.91 Å². The van der Waals surface area contributed by atoms with Crippen LogP contribution in [0.3, 0.4) is 0 Å². The summed E-state index contributed by atoms with van der Waals surface area (Å²) in [5.74, 6) is 0.979. The average molecular weight is 490 g/mol. The molecule has 7 rings (SSSR count). The molecule has 4 aromatic rings. The Balaban J connectivity index is 1.13. The molecule has 4 N–H and O–H groups in total. The lowest BCUT2D eigenvalue weighted by atomic mass is 9.79. The zero-order chi connectivity index (χ0) is 25.1. The molecule has 1 atom stereocenters. The number of amides is 2. The van der Waals surface area contributed by atoms with Crippen LogP contribution in [0, 0.1) is 0 Å². The maximum absolute atomic E-state index is 13.3. The summed E-state index contributed by atoms with van der Waals surface area (Å²) in [7, 11) is 0. The van der Waals surface area contributed by atoms with E-state index in [-0.39, 0.29) is 11.8 Å². The van der Waals surface area contributed by atoms with Gasteiger partial charge in [-0.05, 0) is 66.3 Å². The van der Waals surface area contributed by atoms with Crippen LogP contribution in [-0.4, -0.2) is 33.3 Å². The van der Waals surface area contributed by atoms with Crippen LogP contribution >= 0.6 is 0 Å². The van der Waals surface area contributed by atoms with Gasteiger partial charge in [-0.1, -0.05) is 18.2 Å². The molecule has 0 saturated heterocycles. The Morgan fingerprint density at radius 1 is 1.00 bits per heavy atom. The number of carbonyl (C=O) groups excluding carboxylic acids is 2. The first-order valence-corrected chi connectivity index (χ1v) is 12.2. The number of hydrogen-bond donors (Lipinski definition) is 3. The molecule has 182 valence electrons. The number of nitrogens with two attached hydrogens (primary N) is 1. The van der Waals surface area contributed by atoms with Crippen molar-refractivity contribution in [2.24, 2.45) is 0 Å². The Kier molecular flexibility index (Phi) is 4.56. The Morgan fingerprint density at radius 3 is 2.78 bits per heavy atom. The summed E-state index contributed by atoms with van der Waals surface area (Å²) < 4.78 is 0. The van der Waals surface area contributed by atoms with Crippen molar-refractivity contribution in [2.45, 2.75) is 24.7 Å². The summed E-state index contributed by atoms with van der Waals surface area (Å²) >= 11 is 0. The average Bonchev–Trinajstić information content (AvgIpc) is 3.57. The van der Waals surface area contributed by atoms with Crippen LogP contribution in [0.15, 0.2) is 67.1 Å². The van der Waals surface area contributed by atoms with Gasteiger partial charge in [-0.2, -0.15) is 0 Å². The number of aromatic nitrogens is 3. The highest BCUT2D eigenvalue weighted by molar-refractivity contribution is 6.07. The van der Waals surface area contributed by atoms with Crippen LogP contribution in [0.1, 0.15) is 32.7 Å². The zero-order valence-electron chi connectivity index (χ0n) is 19.9. The standard InChI is InChI=1S/C28H23N7O2/c29-19-5-3-16-7-9-35(23(16)11-19)26(36)22-12-24(32-15-31-22)33-20-6-4-17-13-28(14-18(17)10-20)21-2-1-8-30-25(21)34-27(28)37/h1-6,8,10-12,15H,7,9,13-14,29H2,(H,30,34,37)(H,31,32,33). The molecule has 3 aliphatic rings. The smallest absolute Gasteiger partial charge is 0.277 e. The van der Waals surface area contributed by atoms with Gasteiger partial charge in [0.25, 0.3) is 5.91 Å². The number of fused-ring (bicyclic) bond motifs is 4. The quantitative estimate of drug-likeness (QED) is 0.377. The summed E-state index contributed by atoms with van der Waals surface area (Å²) in [6.07, 6.45) is 5.11. The van der Waals surface area contributed by atoms with E-state index in [9.17, 15) is 9.59 Å². The molecule has 4 heterocycles. The zero-order valence-corrected chi connectivity index (χ0v) is 19.9. The van der Waals surface area contributed by atoms with Crippen LogP contribution in [0.25, 0.3) is 0 Å². The Labute approximate surface area is 212 Å². The third-order valence-corrected chi connectivity index (χ3v) is 7.59. The van der Waals surface area contributed by atoms with E-state index < -0.39 is 5.41 Å². The van der Waals surface area contributed by atoms with Crippen molar-refractivity contribution in [3.8, 4) is 0 Å². The van der Waals surface area contributed by atoms with Gasteiger partial charge in [-0.3, -0.25) is 9.59 Å². The summed E-state index contributed by atoms with van der Waals surface area (Å²) in [6, 6.07) is 17.2. The van der Waals surface area contributed by atoms with Crippen molar-refractivity contribution in [3.63, 3.8) is 0 Å². The van der Waals surface area contributed by atoms with Crippen molar-refractivity contribution in [2.75, 3.05) is 27.8 Å². The number of nitrogens with one attached hydrogen (secondary N) is 2. The largest absolute Gasteiger partial charge is 0.399 e. The molecule has 9 heteroatoms. The molecule has 2 aliphatic heterocycles. The molecule has 2 aromatic carbocycles. The normalized spacial score (nSPS) is 18.9. The minimum absolute atomic E-state index is 0.00361. The number of rotatable bonds is 3. The molecule has 0 fully saturated rings. The summed E-state index contributed by atoms with van der Waals surface area (Å²) in [5.41, 5.74) is 12.2. The second kappa shape index (κ2) is 7.86. The van der Waals surface area contributed by atoms with Crippen LogP contribution in [0.4, 0.5) is 28.7 Å². The Morgan fingerprint density at radius 2 is 1.86 bits per heavy atom. The molecule has 2 aromatic heterocycles. The second-order valence-electron chi connectivity index (χ2n) is 9.78. The number of benzene rings is 2. The van der Waals surface area contributed by atoms with Gasteiger partial charge < -0.3 is 21.3 Å². The van der Waals surface area contributed by atoms with Crippen LogP contribution in [0.2, 0.25) is 0 Å². The van der Waals surface area contributed by atoms with Gasteiger partial charge in [0, 0.05) is 41.4 Å². The molecular weight excluding hydrogens is 466 g/mol. The molecule has 2 amide bonds. The number of carbonyl (C=O) groups is 2. The molecular formula is C28H23N7O2. The van der Waals surface area contributed by atoms with Gasteiger partial charge in [0.1, 0.15) is 23.7 Å². The molecule has 9 nitrogen and oxygen atoms in total. The van der Waals surface area contributed by atoms with Crippen molar-refractivity contribution in [1.29, 1.82) is 0 Å². The molecule has 1 aliphatic carbocycles. The monoisotopic (exact) mass is 489 g/mol. The van der Waals surface area contributed by atoms with Gasteiger partial charge in [-0.25, -0.2) is 15.0 Å². The highest BCUT2D eigenvalue weighted by atomic mass is 16.2. The SMILES string of the molecule is Nc1ccc2c(c1)N(C(=O)c1cc(Nc3ccc4c(c3)CC3(C4)C(=O)Nc4ncccc43)ncn1)CC2. The molecule has 37 heavy (non-hydrogen) atoms. The number of hydrogen-bond acceptors (Lipinski definition) is 7. The third-order valence-electron chi connectivity index (χ3n) is 7.59. The molecule has 0 saturated carbocycles. The maximum Gasteiger partial charge on any atom is 0.277 e. The first-order valence-electron chi connectivity index (χ1n) is 12.2. The lowest BCUT2D eigenvalue weighted by Gasteiger charge is -2.20. The Hall–Kier alpha value is -4.79. The van der Waals surface area contributed by atoms with E-state index in [0.717, 1.165) is 40.0 Å². The highest BCUT2D eigenvalue weighted by Crippen LogP contribution is 2.47. The van der Waals surface area contributed by atoms with Crippen molar-refractivity contribution in [3.05, 3.63) is 95.1 Å². The minimum atomic E-state index is -0.617. The first kappa shape index (κ1) is 21.5. The van der Waals surface area contributed by atoms with Crippen molar-refractivity contribution in [1.82, 2.24) is 15.0 Å². The Bertz CT molecular complexity index is 1620. The first-order chi connectivity index (χ1) is 18.0. The highest BCUT2D eigenvalue weighted by Gasteiger charge is 2.51. The summed E-state index contributed by atoms with van der Waals surface area (Å²) in [6.45, 7) is 0.586. The topological polar surface area (TPSA) is 126 Å². The molecule has 1 spiro atoms. The van der Waals surface area contributed by atoms with Gasteiger partial charge in [0.05, 0.1) is 5.41 Å². The van der Waals surface area contributed by atoms with E-state index in [1.54, 1.807) is 17.2 Å². The predicted octanol–water partition coefficient (Wildman–Crippen LogP) is 3.39. The van der Waals surface area contributed by atoms with E-state index in [4.69, 9.17) is 5.73 Å². The van der Waals surface area contributed by atoms with E-state index in [1.165, 1.54) is 6.33 Å². The van der Waals surface area contributed by atoms with E-state index in [0.29, 0.717) is 42.4 Å². The maximum atomic E-state index is 13.3. The van der Waals surface area contributed by atoms with E-state index >= 15 is 0 Å². The number of anilines is 5. The number of nitrogen functional groups attached to an aromatic ring is 1. The van der Waals surface area contributed by atoms with E-state index in [2.05, 4.69) is 31.7 Å². The summed E-state index contributed by atoms with van der Waals surface area (Å²) in [4.78, 5) is 40.9.